The number of nitrogens with zero attached hydrogens (tertiary/aromatic N) is 2. The molecule has 0 saturated heterocycles. The molecule has 12 rings (SSSR count). The molecular formula is C69H71BN2. The molecule has 2 heterocycles. The van der Waals surface area contributed by atoms with Gasteiger partial charge in [0.15, 0.2) is 0 Å². The van der Waals surface area contributed by atoms with Crippen LogP contribution in [0.4, 0.5) is 34.1 Å². The standard InChI is InChI=1S/C69H71BN2/c1-42-35-61-63-62(36-42)72(58-33-29-44(64(2,3)4)37-47(58)43-23-17-16-18-24-43)59-34-30-45(65(5,6)7)38-56(59)70(63)57-40-54-55(69(14,15)51-28-22-21-27-50(51)68(54,12)13)41-60(57)71(61)46-31-32-52-53(39-46)67(10,11)49-26-20-19-25-48(49)66(52,8)9/h16-41H,1-15H3/i1D3. The molecule has 0 unspecified atom stereocenters. The summed E-state index contributed by atoms with van der Waals surface area (Å²) in [5.74, 6) is 0. The first-order chi connectivity index (χ1) is 35.1. The van der Waals surface area contributed by atoms with E-state index in [2.05, 4.69) is 252 Å². The van der Waals surface area contributed by atoms with Crippen LogP contribution in [0.15, 0.2) is 158 Å². The highest BCUT2D eigenvalue weighted by Gasteiger charge is 2.49. The van der Waals surface area contributed by atoms with Gasteiger partial charge in [-0.05, 0) is 149 Å². The first kappa shape index (κ1) is 43.0. The van der Waals surface area contributed by atoms with E-state index in [1.807, 2.05) is 12.1 Å². The second-order valence-electron chi connectivity index (χ2n) is 25.7. The quantitative estimate of drug-likeness (QED) is 0.163. The predicted octanol–water partition coefficient (Wildman–Crippen LogP) is 16.3. The maximum Gasteiger partial charge on any atom is 0.252 e. The summed E-state index contributed by atoms with van der Waals surface area (Å²) in [5.41, 5.74) is 23.8. The number of benzene rings is 8. The number of aryl methyl sites for hydroxylation is 1. The molecule has 72 heavy (non-hydrogen) atoms. The van der Waals surface area contributed by atoms with Crippen LogP contribution in [-0.2, 0) is 32.5 Å². The van der Waals surface area contributed by atoms with E-state index in [1.54, 1.807) is 0 Å². The van der Waals surface area contributed by atoms with E-state index in [0.717, 1.165) is 50.7 Å². The van der Waals surface area contributed by atoms with Gasteiger partial charge in [0.2, 0.25) is 0 Å². The molecule has 2 aliphatic heterocycles. The highest BCUT2D eigenvalue weighted by molar-refractivity contribution is 7.00. The van der Waals surface area contributed by atoms with Gasteiger partial charge in [-0.15, -0.1) is 0 Å². The molecule has 0 N–H and O–H groups in total. The first-order valence-electron chi connectivity index (χ1n) is 27.8. The van der Waals surface area contributed by atoms with Crippen molar-refractivity contribution in [1.29, 1.82) is 0 Å². The highest BCUT2D eigenvalue weighted by atomic mass is 15.2. The number of anilines is 6. The van der Waals surface area contributed by atoms with Crippen LogP contribution in [-0.4, -0.2) is 6.71 Å². The lowest BCUT2D eigenvalue weighted by molar-refractivity contribution is 0.520. The molecular weight excluding hydrogens is 868 g/mol. The third-order valence-corrected chi connectivity index (χ3v) is 17.8. The van der Waals surface area contributed by atoms with Gasteiger partial charge in [-0.2, -0.15) is 0 Å². The Hall–Kier alpha value is -6.58. The minimum Gasteiger partial charge on any atom is -0.311 e. The Morgan fingerprint density at radius 1 is 0.389 bits per heavy atom. The number of hydrogen-bond donors (Lipinski definition) is 0. The predicted molar refractivity (Wildman–Crippen MR) is 309 cm³/mol. The van der Waals surface area contributed by atoms with Gasteiger partial charge in [-0.1, -0.05) is 206 Å². The summed E-state index contributed by atoms with van der Waals surface area (Å²) >= 11 is 0. The largest absolute Gasteiger partial charge is 0.311 e. The van der Waals surface area contributed by atoms with Gasteiger partial charge in [0, 0.05) is 59.8 Å². The van der Waals surface area contributed by atoms with Crippen molar-refractivity contribution in [3.63, 3.8) is 0 Å². The first-order valence-corrected chi connectivity index (χ1v) is 26.3. The van der Waals surface area contributed by atoms with Crippen molar-refractivity contribution in [1.82, 2.24) is 0 Å². The van der Waals surface area contributed by atoms with Crippen LogP contribution in [0.5, 0.6) is 0 Å². The maximum atomic E-state index is 9.31. The molecule has 0 amide bonds. The topological polar surface area (TPSA) is 6.48 Å². The summed E-state index contributed by atoms with van der Waals surface area (Å²) in [6.07, 6.45) is 0. The summed E-state index contributed by atoms with van der Waals surface area (Å²) in [5, 5.41) is 0. The van der Waals surface area contributed by atoms with E-state index >= 15 is 0 Å². The average molecular weight is 942 g/mol. The van der Waals surface area contributed by atoms with Crippen molar-refractivity contribution in [2.75, 3.05) is 9.80 Å². The third kappa shape index (κ3) is 6.54. The lowest BCUT2D eigenvalue weighted by Crippen LogP contribution is -2.62. The van der Waals surface area contributed by atoms with Gasteiger partial charge in [-0.25, -0.2) is 0 Å². The Balaban J connectivity index is 1.24. The number of rotatable bonds is 3. The smallest absolute Gasteiger partial charge is 0.252 e. The molecule has 2 aliphatic carbocycles. The fourth-order valence-electron chi connectivity index (χ4n) is 13.6. The summed E-state index contributed by atoms with van der Waals surface area (Å²) in [7, 11) is 0. The number of fused-ring (bicyclic) bond motifs is 8. The van der Waals surface area contributed by atoms with Crippen LogP contribution in [0.2, 0.25) is 0 Å². The molecule has 360 valence electrons. The molecule has 0 saturated carbocycles. The van der Waals surface area contributed by atoms with Crippen molar-refractivity contribution < 1.29 is 4.11 Å². The minimum atomic E-state index is -2.41. The van der Waals surface area contributed by atoms with Crippen LogP contribution in [0, 0.1) is 6.85 Å². The van der Waals surface area contributed by atoms with E-state index in [4.69, 9.17) is 0 Å². The molecule has 2 nitrogen and oxygen atoms in total. The van der Waals surface area contributed by atoms with Gasteiger partial charge >= 0.3 is 0 Å². The Kier molecular flexibility index (Phi) is 9.11. The van der Waals surface area contributed by atoms with E-state index in [0.29, 0.717) is 5.56 Å². The lowest BCUT2D eigenvalue weighted by Gasteiger charge is -2.49. The molecule has 3 heteroatoms. The van der Waals surface area contributed by atoms with Gasteiger partial charge in [0.25, 0.3) is 6.71 Å². The summed E-state index contributed by atoms with van der Waals surface area (Å²) in [6, 6.07) is 59.0. The molecule has 0 bridgehead atoms. The Morgan fingerprint density at radius 2 is 0.847 bits per heavy atom. The summed E-state index contributed by atoms with van der Waals surface area (Å²) in [4.78, 5) is 4.88. The van der Waals surface area contributed by atoms with Crippen molar-refractivity contribution >= 4 is 57.2 Å². The zero-order valence-corrected chi connectivity index (χ0v) is 45.0. The molecule has 4 aliphatic rings. The molecule has 8 aromatic rings. The van der Waals surface area contributed by atoms with Crippen molar-refractivity contribution in [3.05, 3.63) is 219 Å². The van der Waals surface area contributed by atoms with E-state index < -0.39 is 6.85 Å². The minimum absolute atomic E-state index is 0.109. The molecule has 0 atom stereocenters. The van der Waals surface area contributed by atoms with Crippen LogP contribution in [0.3, 0.4) is 0 Å². The highest BCUT2D eigenvalue weighted by Crippen LogP contribution is 2.55. The van der Waals surface area contributed by atoms with Gasteiger partial charge in [0.05, 0.1) is 5.69 Å². The zero-order valence-electron chi connectivity index (χ0n) is 48.0. The summed E-state index contributed by atoms with van der Waals surface area (Å²) in [6.45, 7) is 30.1. The van der Waals surface area contributed by atoms with E-state index in [-0.39, 0.29) is 39.2 Å². The van der Waals surface area contributed by atoms with Crippen molar-refractivity contribution in [3.8, 4) is 11.1 Å². The van der Waals surface area contributed by atoms with Crippen molar-refractivity contribution in [2.24, 2.45) is 0 Å². The average Bonchev–Trinajstić information content (AvgIpc) is 3.40. The fraction of sp³-hybridized carbons (Fsp3) is 0.304. The van der Waals surface area contributed by atoms with Crippen LogP contribution < -0.4 is 26.2 Å². The van der Waals surface area contributed by atoms with Gasteiger partial charge in [0.1, 0.15) is 0 Å². The Bertz CT molecular complexity index is 3690. The monoisotopic (exact) mass is 942 g/mol. The molecule has 0 radical (unpaired) electrons. The molecule has 0 fully saturated rings. The zero-order chi connectivity index (χ0) is 53.3. The van der Waals surface area contributed by atoms with Gasteiger partial charge in [-0.3, -0.25) is 0 Å². The van der Waals surface area contributed by atoms with Crippen LogP contribution in [0.25, 0.3) is 11.1 Å². The Morgan fingerprint density at radius 3 is 1.40 bits per heavy atom. The van der Waals surface area contributed by atoms with Crippen LogP contribution >= 0.6 is 0 Å². The Labute approximate surface area is 435 Å². The SMILES string of the molecule is [2H]C([2H])([2H])c1cc2c3c(c1)N(c1ccc(C(C)(C)C)cc1-c1ccccc1)c1ccc(C(C)(C)C)cc1B3c1cc3c(cc1N2c1ccc2c(c1)C(C)(C)c1ccccc1C2(C)C)C(C)(C)c1ccccc1C3(C)C. The van der Waals surface area contributed by atoms with E-state index in [9.17, 15) is 4.11 Å². The fourth-order valence-corrected chi connectivity index (χ4v) is 13.6. The normalized spacial score (nSPS) is 18.0. The second-order valence-corrected chi connectivity index (χ2v) is 25.7. The molecule has 8 aromatic carbocycles. The third-order valence-electron chi connectivity index (χ3n) is 17.8. The number of hydrogen-bond acceptors (Lipinski definition) is 2. The lowest BCUT2D eigenvalue weighted by atomic mass is 9.33. The molecule has 0 spiro atoms. The maximum absolute atomic E-state index is 9.31. The van der Waals surface area contributed by atoms with Crippen LogP contribution in [0.1, 0.15) is 162 Å². The second kappa shape index (κ2) is 15.2. The van der Waals surface area contributed by atoms with Crippen molar-refractivity contribution in [2.45, 2.75) is 136 Å². The van der Waals surface area contributed by atoms with E-state index in [1.165, 1.54) is 66.6 Å². The van der Waals surface area contributed by atoms with Gasteiger partial charge < -0.3 is 9.80 Å². The molecule has 0 aromatic heterocycles. The summed E-state index contributed by atoms with van der Waals surface area (Å²) < 4.78 is 27.9.